The van der Waals surface area contributed by atoms with Crippen LogP contribution in [0.25, 0.3) is 10.9 Å². The van der Waals surface area contributed by atoms with Crippen LogP contribution in [0, 0.1) is 23.2 Å². The van der Waals surface area contributed by atoms with Gasteiger partial charge in [0.05, 0.1) is 11.1 Å². The molecule has 0 radical (unpaired) electrons. The molecule has 0 saturated heterocycles. The molecule has 0 atom stereocenters. The van der Waals surface area contributed by atoms with Gasteiger partial charge in [-0.3, -0.25) is 0 Å². The van der Waals surface area contributed by atoms with E-state index in [9.17, 15) is 15.2 Å². The fourth-order valence-electron chi connectivity index (χ4n) is 4.26. The molecular formula is C33H22N2O3. The number of carboxylic acid groups (broad SMARTS) is 1. The number of aromatic carboxylic acids is 1. The molecule has 4 aromatic carbocycles. The van der Waals surface area contributed by atoms with E-state index in [1.54, 1.807) is 6.07 Å². The highest BCUT2D eigenvalue weighted by molar-refractivity contribution is 6.00. The average molecular weight is 495 g/mol. The summed E-state index contributed by atoms with van der Waals surface area (Å²) in [7, 11) is 0. The van der Waals surface area contributed by atoms with Gasteiger partial charge in [0.2, 0.25) is 0 Å². The molecule has 1 aromatic heterocycles. The summed E-state index contributed by atoms with van der Waals surface area (Å²) < 4.78 is 6.38. The van der Waals surface area contributed by atoms with Crippen molar-refractivity contribution in [1.29, 1.82) is 5.26 Å². The first kappa shape index (κ1) is 24.3. The number of aromatic nitrogens is 1. The Morgan fingerprint density at radius 1 is 0.816 bits per heavy atom. The zero-order valence-corrected chi connectivity index (χ0v) is 20.4. The van der Waals surface area contributed by atoms with Crippen LogP contribution in [0.2, 0.25) is 0 Å². The lowest BCUT2D eigenvalue weighted by molar-refractivity contribution is 0.0690. The smallest absolute Gasteiger partial charge is 0.355 e. The zero-order valence-electron chi connectivity index (χ0n) is 20.4. The van der Waals surface area contributed by atoms with Crippen LogP contribution < -0.4 is 4.74 Å². The van der Waals surface area contributed by atoms with E-state index in [0.29, 0.717) is 17.6 Å². The molecular weight excluding hydrogens is 472 g/mol. The van der Waals surface area contributed by atoms with Crippen LogP contribution in [-0.4, -0.2) is 16.1 Å². The van der Waals surface area contributed by atoms with Crippen LogP contribution in [0.5, 0.6) is 5.75 Å². The first-order valence-corrected chi connectivity index (χ1v) is 12.0. The minimum atomic E-state index is -1.24. The first-order chi connectivity index (χ1) is 18.6. The van der Waals surface area contributed by atoms with E-state index in [2.05, 4.69) is 22.9 Å². The Labute approximate surface area is 220 Å². The van der Waals surface area contributed by atoms with Crippen LogP contribution >= 0.6 is 0 Å². The number of benzene rings is 4. The Morgan fingerprint density at radius 3 is 2.08 bits per heavy atom. The van der Waals surface area contributed by atoms with Gasteiger partial charge >= 0.3 is 5.97 Å². The number of carbonyl (C=O) groups is 1. The molecule has 5 rings (SSSR count). The van der Waals surface area contributed by atoms with Gasteiger partial charge in [-0.2, -0.15) is 5.26 Å². The maximum absolute atomic E-state index is 12.4. The molecule has 38 heavy (non-hydrogen) atoms. The van der Waals surface area contributed by atoms with Crippen molar-refractivity contribution in [1.82, 2.24) is 4.98 Å². The van der Waals surface area contributed by atoms with Crippen molar-refractivity contribution in [3.63, 3.8) is 0 Å². The molecule has 5 aromatic rings. The van der Waals surface area contributed by atoms with E-state index < -0.39 is 5.97 Å². The molecule has 0 bridgehead atoms. The summed E-state index contributed by atoms with van der Waals surface area (Å²) >= 11 is 0. The molecule has 1 N–H and O–H groups in total. The molecule has 182 valence electrons. The predicted molar refractivity (Wildman–Crippen MR) is 146 cm³/mol. The van der Waals surface area contributed by atoms with Gasteiger partial charge in [0.25, 0.3) is 0 Å². The number of nitriles is 1. The summed E-state index contributed by atoms with van der Waals surface area (Å²) in [6.07, 6.45) is 0.546. The lowest BCUT2D eigenvalue weighted by atomic mass is 9.95. The molecule has 0 spiro atoms. The number of pyridine rings is 1. The molecule has 0 unspecified atom stereocenters. The fraction of sp³-hybridized carbons (Fsp3) is 0.0606. The zero-order chi connectivity index (χ0) is 26.3. The minimum absolute atomic E-state index is 0.175. The molecule has 5 nitrogen and oxygen atoms in total. The summed E-state index contributed by atoms with van der Waals surface area (Å²) in [4.78, 5) is 16.9. The van der Waals surface area contributed by atoms with Crippen LogP contribution in [0.1, 0.15) is 43.9 Å². The van der Waals surface area contributed by atoms with E-state index in [0.717, 1.165) is 22.3 Å². The predicted octanol–water partition coefficient (Wildman–Crippen LogP) is 6.37. The molecule has 0 aliphatic carbocycles. The normalized spacial score (nSPS) is 10.3. The Bertz CT molecular complexity index is 1710. The van der Waals surface area contributed by atoms with Gasteiger partial charge in [-0.05, 0) is 41.3 Å². The quantitative estimate of drug-likeness (QED) is 0.277. The van der Waals surface area contributed by atoms with Gasteiger partial charge in [-0.25, -0.2) is 9.78 Å². The Hall–Kier alpha value is -5.39. The Kier molecular flexibility index (Phi) is 7.11. The Morgan fingerprint density at radius 2 is 1.45 bits per heavy atom. The maximum atomic E-state index is 12.4. The van der Waals surface area contributed by atoms with Crippen molar-refractivity contribution < 1.29 is 14.6 Å². The summed E-state index contributed by atoms with van der Waals surface area (Å²) in [5, 5.41) is 20.6. The third kappa shape index (κ3) is 5.23. The molecule has 0 aliphatic rings. The molecule has 0 aliphatic heterocycles. The second kappa shape index (κ2) is 11.1. The van der Waals surface area contributed by atoms with Crippen LogP contribution in [0.3, 0.4) is 0 Å². The monoisotopic (exact) mass is 494 g/mol. The van der Waals surface area contributed by atoms with Crippen molar-refractivity contribution in [2.24, 2.45) is 0 Å². The summed E-state index contributed by atoms with van der Waals surface area (Å²) in [5.74, 6) is 5.16. The fourth-order valence-corrected chi connectivity index (χ4v) is 4.26. The van der Waals surface area contributed by atoms with E-state index in [1.165, 1.54) is 0 Å². The second-order valence-corrected chi connectivity index (χ2v) is 8.63. The van der Waals surface area contributed by atoms with Crippen LogP contribution in [-0.2, 0) is 13.0 Å². The number of nitrogens with zero attached hydrogens (tertiary/aromatic N) is 2. The molecule has 0 fully saturated rings. The van der Waals surface area contributed by atoms with Gasteiger partial charge in [0.15, 0.2) is 5.69 Å². The van der Waals surface area contributed by atoms with Crippen LogP contribution in [0.15, 0.2) is 103 Å². The summed E-state index contributed by atoms with van der Waals surface area (Å²) in [6, 6.07) is 34.6. The van der Waals surface area contributed by atoms with E-state index in [1.807, 2.05) is 97.1 Å². The average Bonchev–Trinajstić information content (AvgIpc) is 2.96. The molecule has 1 heterocycles. The first-order valence-electron chi connectivity index (χ1n) is 12.0. The number of hydrogen-bond acceptors (Lipinski definition) is 4. The topological polar surface area (TPSA) is 83.2 Å². The van der Waals surface area contributed by atoms with Crippen molar-refractivity contribution in [2.75, 3.05) is 0 Å². The van der Waals surface area contributed by atoms with Gasteiger partial charge < -0.3 is 9.84 Å². The maximum Gasteiger partial charge on any atom is 0.355 e. The third-order valence-corrected chi connectivity index (χ3v) is 6.07. The SMILES string of the molecule is N#Cc1ccc(Cc2ccccc2)c2c(OCc3ccccc3)c(C#Cc3ccccc3)c(C(=O)O)nc12. The molecule has 5 heteroatoms. The highest BCUT2D eigenvalue weighted by Crippen LogP contribution is 2.36. The number of hydrogen-bond donors (Lipinski definition) is 1. The number of ether oxygens (including phenoxy) is 1. The second-order valence-electron chi connectivity index (χ2n) is 8.63. The van der Waals surface area contributed by atoms with Gasteiger partial charge in [-0.1, -0.05) is 96.8 Å². The minimum Gasteiger partial charge on any atom is -0.487 e. The number of rotatable bonds is 6. The highest BCUT2D eigenvalue weighted by atomic mass is 16.5. The lowest BCUT2D eigenvalue weighted by Crippen LogP contribution is -2.10. The third-order valence-electron chi connectivity index (χ3n) is 6.07. The number of fused-ring (bicyclic) bond motifs is 1. The summed E-state index contributed by atoms with van der Waals surface area (Å²) in [6.45, 7) is 0.195. The van der Waals surface area contributed by atoms with Gasteiger partial charge in [0.1, 0.15) is 24.0 Å². The van der Waals surface area contributed by atoms with Crippen molar-refractivity contribution in [2.45, 2.75) is 13.0 Å². The van der Waals surface area contributed by atoms with Crippen molar-refractivity contribution >= 4 is 16.9 Å². The standard InChI is InChI=1S/C33H22N2O3/c34-21-27-18-17-26(20-24-12-6-2-7-13-24)29-30(27)35-31(33(36)37)28(19-16-23-10-4-1-5-11-23)32(29)38-22-25-14-8-3-9-15-25/h1-15,17-18H,20,22H2,(H,36,37). The lowest BCUT2D eigenvalue weighted by Gasteiger charge is -2.17. The summed E-state index contributed by atoms with van der Waals surface area (Å²) in [5.41, 5.74) is 4.04. The molecule has 0 amide bonds. The molecule has 0 saturated carbocycles. The number of carboxylic acids is 1. The highest BCUT2D eigenvalue weighted by Gasteiger charge is 2.24. The van der Waals surface area contributed by atoms with Crippen LogP contribution in [0.4, 0.5) is 0 Å². The van der Waals surface area contributed by atoms with Gasteiger partial charge in [-0.15, -0.1) is 0 Å². The van der Waals surface area contributed by atoms with E-state index in [4.69, 9.17) is 4.74 Å². The van der Waals surface area contributed by atoms with E-state index in [-0.39, 0.29) is 28.9 Å². The van der Waals surface area contributed by atoms with E-state index >= 15 is 0 Å². The Balaban J connectivity index is 1.79. The largest absolute Gasteiger partial charge is 0.487 e. The van der Waals surface area contributed by atoms with Crippen molar-refractivity contribution in [3.8, 4) is 23.7 Å². The van der Waals surface area contributed by atoms with Gasteiger partial charge in [0, 0.05) is 10.9 Å². The van der Waals surface area contributed by atoms with Crippen molar-refractivity contribution in [3.05, 3.63) is 142 Å².